The molecule has 0 radical (unpaired) electrons. The Morgan fingerprint density at radius 3 is 2.10 bits per heavy atom. The largest absolute Gasteiger partial charge is 0.392 e. The zero-order valence-corrected chi connectivity index (χ0v) is 28.7. The van der Waals surface area contributed by atoms with Crippen molar-refractivity contribution in [3.8, 4) is 11.1 Å². The van der Waals surface area contributed by atoms with Crippen LogP contribution in [0, 0.1) is 0 Å². The fraction of sp³-hybridized carbons (Fsp3) is 0.220. The number of amides is 3. The maximum atomic E-state index is 12.4. The van der Waals surface area contributed by atoms with Gasteiger partial charge in [-0.05, 0) is 63.7 Å². The van der Waals surface area contributed by atoms with Crippen molar-refractivity contribution in [1.82, 2.24) is 10.6 Å². The topological polar surface area (TPSA) is 109 Å². The first-order valence-corrected chi connectivity index (χ1v) is 17.7. The van der Waals surface area contributed by atoms with Crippen molar-refractivity contribution in [2.75, 3.05) is 11.1 Å². The number of benzene rings is 5. The predicted molar refractivity (Wildman–Crippen MR) is 197 cm³/mol. The van der Waals surface area contributed by atoms with Gasteiger partial charge in [-0.15, -0.1) is 11.8 Å². The number of urea groups is 1. The highest BCUT2D eigenvalue weighted by molar-refractivity contribution is 7.99. The quantitative estimate of drug-likeness (QED) is 0.0987. The minimum absolute atomic E-state index is 0.00656. The molecule has 1 aliphatic heterocycles. The Kier molecular flexibility index (Phi) is 12.0. The predicted octanol–water partition coefficient (Wildman–Crippen LogP) is 8.14. The average Bonchev–Trinajstić information content (AvgIpc) is 3.16. The molecule has 3 unspecified atom stereocenters. The van der Waals surface area contributed by atoms with Gasteiger partial charge in [-0.3, -0.25) is 4.79 Å². The second-order valence-electron chi connectivity index (χ2n) is 12.2. The molecule has 256 valence electrons. The third kappa shape index (κ3) is 9.83. The van der Waals surface area contributed by atoms with Crippen molar-refractivity contribution < 1.29 is 24.2 Å². The summed E-state index contributed by atoms with van der Waals surface area (Å²) >= 11 is 1.71. The Morgan fingerprint density at radius 2 is 1.40 bits per heavy atom. The van der Waals surface area contributed by atoms with Gasteiger partial charge in [0.05, 0.1) is 18.8 Å². The number of thioether (sulfide) groups is 1. The van der Waals surface area contributed by atoms with Crippen LogP contribution in [-0.2, 0) is 34.0 Å². The minimum atomic E-state index is -0.557. The lowest BCUT2D eigenvalue weighted by atomic mass is 9.99. The third-order valence-corrected chi connectivity index (χ3v) is 9.56. The number of nitrogens with one attached hydrogen (secondary N) is 3. The molecular weight excluding hydrogens is 647 g/mol. The van der Waals surface area contributed by atoms with Gasteiger partial charge >= 0.3 is 6.03 Å². The van der Waals surface area contributed by atoms with E-state index in [1.165, 1.54) is 6.92 Å². The first kappa shape index (κ1) is 34.9. The normalized spacial score (nSPS) is 17.1. The van der Waals surface area contributed by atoms with Crippen LogP contribution < -0.4 is 16.0 Å². The number of hydrogen-bond donors (Lipinski definition) is 4. The van der Waals surface area contributed by atoms with E-state index >= 15 is 0 Å². The summed E-state index contributed by atoms with van der Waals surface area (Å²) in [6.45, 7) is 2.37. The summed E-state index contributed by atoms with van der Waals surface area (Å²) in [5, 5.41) is 18.2. The maximum absolute atomic E-state index is 12.4. The highest BCUT2D eigenvalue weighted by Gasteiger charge is 2.32. The van der Waals surface area contributed by atoms with Crippen LogP contribution in [0.2, 0.25) is 0 Å². The van der Waals surface area contributed by atoms with Crippen LogP contribution in [0.5, 0.6) is 0 Å². The Labute approximate surface area is 297 Å². The molecule has 0 bridgehead atoms. The number of aliphatic hydroxyl groups excluding tert-OH is 1. The molecule has 8 nitrogen and oxygen atoms in total. The van der Waals surface area contributed by atoms with Gasteiger partial charge in [0.2, 0.25) is 5.91 Å². The van der Waals surface area contributed by atoms with Crippen molar-refractivity contribution >= 4 is 29.4 Å². The number of ether oxygens (including phenoxy) is 2. The van der Waals surface area contributed by atoms with Crippen LogP contribution in [0.15, 0.2) is 132 Å². The monoisotopic (exact) mass is 687 g/mol. The van der Waals surface area contributed by atoms with Gasteiger partial charge in [-0.25, -0.2) is 4.79 Å². The molecule has 0 saturated carbocycles. The molecule has 6 rings (SSSR count). The van der Waals surface area contributed by atoms with Gasteiger partial charge in [0.25, 0.3) is 0 Å². The van der Waals surface area contributed by atoms with Gasteiger partial charge in [0.15, 0.2) is 6.29 Å². The van der Waals surface area contributed by atoms with E-state index in [0.717, 1.165) is 55.3 Å². The zero-order valence-electron chi connectivity index (χ0n) is 27.9. The van der Waals surface area contributed by atoms with E-state index in [-0.39, 0.29) is 30.8 Å². The lowest BCUT2D eigenvalue weighted by molar-refractivity contribution is -0.245. The molecule has 1 saturated heterocycles. The molecule has 50 heavy (non-hydrogen) atoms. The second kappa shape index (κ2) is 17.1. The van der Waals surface area contributed by atoms with Gasteiger partial charge in [-0.2, -0.15) is 0 Å². The number of carbonyl (C=O) groups excluding carboxylic acids is 2. The van der Waals surface area contributed by atoms with Crippen molar-refractivity contribution in [2.45, 2.75) is 56.4 Å². The van der Waals surface area contributed by atoms with E-state index < -0.39 is 6.29 Å². The van der Waals surface area contributed by atoms with E-state index in [9.17, 15) is 14.7 Å². The van der Waals surface area contributed by atoms with Gasteiger partial charge in [0.1, 0.15) is 0 Å². The summed E-state index contributed by atoms with van der Waals surface area (Å²) in [6, 6.07) is 41.7. The minimum Gasteiger partial charge on any atom is -0.392 e. The van der Waals surface area contributed by atoms with E-state index in [1.54, 1.807) is 11.8 Å². The Balaban J connectivity index is 1.10. The number of rotatable bonds is 12. The molecule has 1 heterocycles. The summed E-state index contributed by atoms with van der Waals surface area (Å²) in [5.74, 6) is 0.633. The van der Waals surface area contributed by atoms with Crippen LogP contribution in [0.3, 0.4) is 0 Å². The standard InChI is InChI=1S/C41H41N3O5S/c1-28(46)44-36-18-20-38(21-19-36)50-27-37-23-39(33-12-10-30(26-45)11-13-33)49-40(48-37)34-16-14-32(15-17-34)35-9-5-8-31(22-35)25-43-41(47)42-24-29-6-3-2-4-7-29/h2-22,37,39-40,45H,23-27H2,1H3,(H,44,46)(H2,42,43,47). The molecule has 1 aliphatic rings. The van der Waals surface area contributed by atoms with Gasteiger partial charge < -0.3 is 30.5 Å². The van der Waals surface area contributed by atoms with Crippen LogP contribution in [0.1, 0.15) is 53.6 Å². The van der Waals surface area contributed by atoms with Gasteiger partial charge in [0, 0.05) is 48.3 Å². The lowest BCUT2D eigenvalue weighted by Gasteiger charge is -2.36. The molecule has 1 fully saturated rings. The first-order valence-electron chi connectivity index (χ1n) is 16.7. The summed E-state index contributed by atoms with van der Waals surface area (Å²) in [7, 11) is 0. The van der Waals surface area contributed by atoms with Crippen LogP contribution in [-0.4, -0.2) is 28.9 Å². The summed E-state index contributed by atoms with van der Waals surface area (Å²) in [6.07, 6.45) is -0.124. The molecule has 3 atom stereocenters. The molecule has 9 heteroatoms. The summed E-state index contributed by atoms with van der Waals surface area (Å²) < 4.78 is 13.1. The van der Waals surface area contributed by atoms with E-state index in [4.69, 9.17) is 9.47 Å². The maximum Gasteiger partial charge on any atom is 0.315 e. The molecular formula is C41H41N3O5S. The first-order chi connectivity index (χ1) is 24.4. The number of carbonyl (C=O) groups is 2. The molecule has 5 aromatic rings. The second-order valence-corrected chi connectivity index (χ2v) is 13.3. The Hall–Kier alpha value is -4.93. The average molecular weight is 688 g/mol. The SMILES string of the molecule is CC(=O)Nc1ccc(SCC2CC(c3ccc(CO)cc3)OC(c3ccc(-c4cccc(CNC(=O)NCc5ccccc5)c4)cc3)O2)cc1. The van der Waals surface area contributed by atoms with E-state index in [1.807, 2.05) is 103 Å². The highest BCUT2D eigenvalue weighted by Crippen LogP contribution is 2.40. The smallest absolute Gasteiger partial charge is 0.315 e. The number of anilines is 1. The Bertz CT molecular complexity index is 1850. The molecule has 0 aromatic heterocycles. The van der Waals surface area contributed by atoms with E-state index in [0.29, 0.717) is 19.5 Å². The van der Waals surface area contributed by atoms with Crippen molar-refractivity contribution in [2.24, 2.45) is 0 Å². The number of hydrogen-bond acceptors (Lipinski definition) is 6. The van der Waals surface area contributed by atoms with Crippen molar-refractivity contribution in [3.05, 3.63) is 155 Å². The van der Waals surface area contributed by atoms with Crippen LogP contribution in [0.25, 0.3) is 11.1 Å². The summed E-state index contributed by atoms with van der Waals surface area (Å²) in [5.41, 5.74) is 7.73. The van der Waals surface area contributed by atoms with Crippen molar-refractivity contribution in [1.29, 1.82) is 0 Å². The van der Waals surface area contributed by atoms with E-state index in [2.05, 4.69) is 40.2 Å². The highest BCUT2D eigenvalue weighted by atomic mass is 32.2. The molecule has 0 spiro atoms. The van der Waals surface area contributed by atoms with Crippen molar-refractivity contribution in [3.63, 3.8) is 0 Å². The fourth-order valence-corrected chi connectivity index (χ4v) is 6.69. The Morgan fingerprint density at radius 1 is 0.720 bits per heavy atom. The molecule has 3 amide bonds. The molecule has 4 N–H and O–H groups in total. The van der Waals surface area contributed by atoms with Crippen LogP contribution >= 0.6 is 11.8 Å². The van der Waals surface area contributed by atoms with Crippen LogP contribution in [0.4, 0.5) is 10.5 Å². The lowest BCUT2D eigenvalue weighted by Crippen LogP contribution is -2.34. The zero-order chi connectivity index (χ0) is 34.7. The van der Waals surface area contributed by atoms with Gasteiger partial charge in [-0.1, -0.05) is 97.1 Å². The fourth-order valence-electron chi connectivity index (χ4n) is 5.77. The third-order valence-electron chi connectivity index (χ3n) is 8.42. The molecule has 5 aromatic carbocycles. The molecule has 0 aliphatic carbocycles. The summed E-state index contributed by atoms with van der Waals surface area (Å²) in [4.78, 5) is 24.9. The number of aliphatic hydroxyl groups is 1.